The molecule has 2 rings (SSSR count). The van der Waals surface area contributed by atoms with E-state index in [0.29, 0.717) is 0 Å². The minimum Gasteiger partial charge on any atom is -0.317 e. The van der Waals surface area contributed by atoms with E-state index in [9.17, 15) is 0 Å². The van der Waals surface area contributed by atoms with Crippen molar-refractivity contribution < 1.29 is 0 Å². The smallest absolute Gasteiger partial charge is 0.187 e. The second-order valence-corrected chi connectivity index (χ2v) is 5.37. The maximum absolute atomic E-state index is 4.40. The predicted molar refractivity (Wildman–Crippen MR) is 67.7 cm³/mol. The number of nitrogens with one attached hydrogen (secondary N) is 1. The van der Waals surface area contributed by atoms with E-state index < -0.39 is 0 Å². The lowest BCUT2D eigenvalue weighted by molar-refractivity contribution is 0.367. The summed E-state index contributed by atoms with van der Waals surface area (Å²) in [6.45, 7) is 4.39. The first kappa shape index (κ1) is 11.9. The normalized spacial score (nSPS) is 17.6. The van der Waals surface area contributed by atoms with Gasteiger partial charge in [-0.05, 0) is 51.3 Å². The van der Waals surface area contributed by atoms with Crippen molar-refractivity contribution in [3.63, 3.8) is 0 Å². The summed E-state index contributed by atoms with van der Waals surface area (Å²) in [4.78, 5) is 8.66. The van der Waals surface area contributed by atoms with Crippen molar-refractivity contribution >= 4 is 11.8 Å². The van der Waals surface area contributed by atoms with Gasteiger partial charge < -0.3 is 5.32 Å². The van der Waals surface area contributed by atoms with Gasteiger partial charge >= 0.3 is 0 Å². The third-order valence-electron chi connectivity index (χ3n) is 2.99. The van der Waals surface area contributed by atoms with Crippen LogP contribution in [0.2, 0.25) is 0 Å². The summed E-state index contributed by atoms with van der Waals surface area (Å²) in [6, 6.07) is 1.94. The molecule has 4 heteroatoms. The van der Waals surface area contributed by atoms with Crippen LogP contribution in [0.3, 0.4) is 0 Å². The van der Waals surface area contributed by atoms with Gasteiger partial charge in [0.2, 0.25) is 0 Å². The van der Waals surface area contributed by atoms with Crippen molar-refractivity contribution in [2.75, 3.05) is 18.8 Å². The van der Waals surface area contributed by atoms with Gasteiger partial charge in [-0.1, -0.05) is 11.8 Å². The SMILES string of the molecule is Cc1ccnc(SCCC2CCNCC2)n1. The Labute approximate surface area is 101 Å². The number of nitrogens with zero attached hydrogens (tertiary/aromatic N) is 2. The largest absolute Gasteiger partial charge is 0.317 e. The number of rotatable bonds is 4. The highest BCUT2D eigenvalue weighted by atomic mass is 32.2. The third-order valence-corrected chi connectivity index (χ3v) is 3.88. The maximum Gasteiger partial charge on any atom is 0.187 e. The van der Waals surface area contributed by atoms with Crippen LogP contribution >= 0.6 is 11.8 Å². The van der Waals surface area contributed by atoms with Crippen molar-refractivity contribution in [1.82, 2.24) is 15.3 Å². The van der Waals surface area contributed by atoms with Crippen LogP contribution < -0.4 is 5.32 Å². The summed E-state index contributed by atoms with van der Waals surface area (Å²) in [5, 5.41) is 4.32. The van der Waals surface area contributed by atoms with Gasteiger partial charge in [-0.2, -0.15) is 0 Å². The summed E-state index contributed by atoms with van der Waals surface area (Å²) >= 11 is 1.79. The average molecular weight is 237 g/mol. The van der Waals surface area contributed by atoms with Crippen LogP contribution in [0.1, 0.15) is 25.0 Å². The van der Waals surface area contributed by atoms with Crippen LogP contribution in [0.5, 0.6) is 0 Å². The topological polar surface area (TPSA) is 37.8 Å². The minimum absolute atomic E-state index is 0.901. The molecule has 0 saturated carbocycles. The van der Waals surface area contributed by atoms with E-state index in [-0.39, 0.29) is 0 Å². The van der Waals surface area contributed by atoms with E-state index in [4.69, 9.17) is 0 Å². The standard InChI is InChI=1S/C12H19N3S/c1-10-2-8-14-12(15-10)16-9-5-11-3-6-13-7-4-11/h2,8,11,13H,3-7,9H2,1H3. The Morgan fingerprint density at radius 2 is 2.25 bits per heavy atom. The van der Waals surface area contributed by atoms with Gasteiger partial charge in [0.1, 0.15) is 0 Å². The van der Waals surface area contributed by atoms with Gasteiger partial charge in [-0.3, -0.25) is 0 Å². The summed E-state index contributed by atoms with van der Waals surface area (Å²) in [6.07, 6.45) is 5.79. The van der Waals surface area contributed by atoms with Gasteiger partial charge in [0.05, 0.1) is 0 Å². The van der Waals surface area contributed by atoms with Gasteiger partial charge in [-0.15, -0.1) is 0 Å². The Balaban J connectivity index is 1.71. The summed E-state index contributed by atoms with van der Waals surface area (Å²) in [7, 11) is 0. The van der Waals surface area contributed by atoms with E-state index in [1.807, 2.05) is 19.2 Å². The molecule has 0 aromatic carbocycles. The molecular weight excluding hydrogens is 218 g/mol. The number of thioether (sulfide) groups is 1. The lowest BCUT2D eigenvalue weighted by atomic mass is 9.96. The Hall–Kier alpha value is -0.610. The molecule has 3 nitrogen and oxygen atoms in total. The molecule has 0 unspecified atom stereocenters. The second kappa shape index (κ2) is 6.21. The van der Waals surface area contributed by atoms with E-state index in [0.717, 1.165) is 22.5 Å². The first-order valence-corrected chi connectivity index (χ1v) is 6.96. The summed E-state index contributed by atoms with van der Waals surface area (Å²) in [5.41, 5.74) is 1.05. The molecule has 1 aromatic heterocycles. The van der Waals surface area contributed by atoms with Crippen molar-refractivity contribution in [3.05, 3.63) is 18.0 Å². The molecule has 0 aliphatic carbocycles. The van der Waals surface area contributed by atoms with Crippen LogP contribution in [0.15, 0.2) is 17.4 Å². The van der Waals surface area contributed by atoms with Crippen LogP contribution in [0.25, 0.3) is 0 Å². The van der Waals surface area contributed by atoms with Crippen molar-refractivity contribution in [3.8, 4) is 0 Å². The molecular formula is C12H19N3S. The molecule has 1 aliphatic rings. The van der Waals surface area contributed by atoms with E-state index in [1.165, 1.54) is 32.4 Å². The summed E-state index contributed by atoms with van der Waals surface area (Å²) in [5.74, 6) is 2.05. The fourth-order valence-corrected chi connectivity index (χ4v) is 2.96. The molecule has 0 spiro atoms. The Kier molecular flexibility index (Phi) is 4.60. The van der Waals surface area contributed by atoms with Crippen LogP contribution in [0.4, 0.5) is 0 Å². The molecule has 0 amide bonds. The van der Waals surface area contributed by atoms with Crippen molar-refractivity contribution in [2.45, 2.75) is 31.3 Å². The van der Waals surface area contributed by atoms with Gasteiger partial charge in [0, 0.05) is 17.6 Å². The maximum atomic E-state index is 4.40. The number of aryl methyl sites for hydroxylation is 1. The van der Waals surface area contributed by atoms with Crippen LogP contribution in [-0.4, -0.2) is 28.8 Å². The molecule has 1 aliphatic heterocycles. The summed E-state index contributed by atoms with van der Waals surface area (Å²) < 4.78 is 0. The molecule has 1 saturated heterocycles. The molecule has 1 N–H and O–H groups in total. The number of aromatic nitrogens is 2. The highest BCUT2D eigenvalue weighted by Gasteiger charge is 2.12. The van der Waals surface area contributed by atoms with Gasteiger partial charge in [0.15, 0.2) is 5.16 Å². The second-order valence-electron chi connectivity index (χ2n) is 4.31. The van der Waals surface area contributed by atoms with Gasteiger partial charge in [0.25, 0.3) is 0 Å². The molecule has 88 valence electrons. The highest BCUT2D eigenvalue weighted by molar-refractivity contribution is 7.99. The third kappa shape index (κ3) is 3.76. The fourth-order valence-electron chi connectivity index (χ4n) is 1.98. The first-order valence-electron chi connectivity index (χ1n) is 5.98. The van der Waals surface area contributed by atoms with E-state index >= 15 is 0 Å². The Bertz CT molecular complexity index is 324. The molecule has 1 fully saturated rings. The van der Waals surface area contributed by atoms with Crippen molar-refractivity contribution in [1.29, 1.82) is 0 Å². The Morgan fingerprint density at radius 1 is 1.44 bits per heavy atom. The predicted octanol–water partition coefficient (Wildman–Crippen LogP) is 2.27. The molecule has 2 heterocycles. The molecule has 16 heavy (non-hydrogen) atoms. The fraction of sp³-hybridized carbons (Fsp3) is 0.667. The lowest BCUT2D eigenvalue weighted by Crippen LogP contribution is -2.27. The highest BCUT2D eigenvalue weighted by Crippen LogP contribution is 2.21. The van der Waals surface area contributed by atoms with Crippen LogP contribution in [-0.2, 0) is 0 Å². The average Bonchev–Trinajstić information content (AvgIpc) is 2.30. The number of hydrogen-bond donors (Lipinski definition) is 1. The van der Waals surface area contributed by atoms with Crippen molar-refractivity contribution in [2.24, 2.45) is 5.92 Å². The Morgan fingerprint density at radius 3 is 3.00 bits per heavy atom. The zero-order valence-electron chi connectivity index (χ0n) is 9.78. The van der Waals surface area contributed by atoms with E-state index in [2.05, 4.69) is 15.3 Å². The molecule has 1 aromatic rings. The molecule has 0 atom stereocenters. The quantitative estimate of drug-likeness (QED) is 0.644. The van der Waals surface area contributed by atoms with Gasteiger partial charge in [-0.25, -0.2) is 9.97 Å². The zero-order chi connectivity index (χ0) is 11.2. The minimum atomic E-state index is 0.901. The number of hydrogen-bond acceptors (Lipinski definition) is 4. The first-order chi connectivity index (χ1) is 7.84. The monoisotopic (exact) mass is 237 g/mol. The van der Waals surface area contributed by atoms with Crippen LogP contribution in [0, 0.1) is 12.8 Å². The van der Waals surface area contributed by atoms with E-state index in [1.54, 1.807) is 11.8 Å². The number of piperidine rings is 1. The zero-order valence-corrected chi connectivity index (χ0v) is 10.6. The molecule has 0 bridgehead atoms. The lowest BCUT2D eigenvalue weighted by Gasteiger charge is -2.21. The molecule has 0 radical (unpaired) electrons.